The van der Waals surface area contributed by atoms with E-state index in [9.17, 15) is 13.2 Å². The van der Waals surface area contributed by atoms with E-state index in [0.717, 1.165) is 31.1 Å². The molecule has 2 nitrogen and oxygen atoms in total. The van der Waals surface area contributed by atoms with Crippen molar-refractivity contribution >= 4 is 15.9 Å². The molecule has 1 atom stereocenters. The Balaban J connectivity index is 2.05. The molecule has 2 rings (SSSR count). The van der Waals surface area contributed by atoms with Gasteiger partial charge in [-0.3, -0.25) is 4.90 Å². The molecule has 19 heavy (non-hydrogen) atoms. The van der Waals surface area contributed by atoms with Gasteiger partial charge in [0.25, 0.3) is 0 Å². The fourth-order valence-corrected chi connectivity index (χ4v) is 2.93. The van der Waals surface area contributed by atoms with Crippen molar-refractivity contribution in [2.45, 2.75) is 25.2 Å². The minimum absolute atomic E-state index is 0.0972. The van der Waals surface area contributed by atoms with Crippen LogP contribution in [0.3, 0.4) is 0 Å². The van der Waals surface area contributed by atoms with Gasteiger partial charge < -0.3 is 4.74 Å². The van der Waals surface area contributed by atoms with Gasteiger partial charge >= 0.3 is 6.18 Å². The Morgan fingerprint density at radius 1 is 1.42 bits per heavy atom. The van der Waals surface area contributed by atoms with E-state index in [-0.39, 0.29) is 10.6 Å². The number of rotatable bonds is 3. The van der Waals surface area contributed by atoms with E-state index in [4.69, 9.17) is 4.74 Å². The lowest BCUT2D eigenvalue weighted by Crippen LogP contribution is -2.22. The van der Waals surface area contributed by atoms with Gasteiger partial charge in [-0.15, -0.1) is 0 Å². The number of halogens is 4. The lowest BCUT2D eigenvalue weighted by atomic mass is 10.1. The first-order valence-electron chi connectivity index (χ1n) is 6.01. The fourth-order valence-electron chi connectivity index (χ4n) is 2.28. The number of alkyl halides is 3. The van der Waals surface area contributed by atoms with Gasteiger partial charge in [0.05, 0.1) is 11.7 Å². The molecule has 0 aliphatic carbocycles. The van der Waals surface area contributed by atoms with Crippen molar-refractivity contribution in [2.75, 3.05) is 20.2 Å². The Morgan fingerprint density at radius 2 is 2.16 bits per heavy atom. The molecule has 0 spiro atoms. The summed E-state index contributed by atoms with van der Waals surface area (Å²) in [5.74, 6) is 0. The van der Waals surface area contributed by atoms with Crippen LogP contribution in [0.15, 0.2) is 22.7 Å². The van der Waals surface area contributed by atoms with Crippen molar-refractivity contribution in [3.05, 3.63) is 33.8 Å². The monoisotopic (exact) mass is 337 g/mol. The molecule has 1 aromatic carbocycles. The summed E-state index contributed by atoms with van der Waals surface area (Å²) in [7, 11) is 1.68. The van der Waals surface area contributed by atoms with Crippen molar-refractivity contribution < 1.29 is 17.9 Å². The second kappa shape index (κ2) is 5.81. The fraction of sp³-hybridized carbons (Fsp3) is 0.538. The zero-order valence-corrected chi connectivity index (χ0v) is 12.1. The van der Waals surface area contributed by atoms with Gasteiger partial charge in [-0.2, -0.15) is 13.2 Å². The number of nitrogens with zero attached hydrogens (tertiary/aromatic N) is 1. The van der Waals surface area contributed by atoms with Crippen molar-refractivity contribution in [1.29, 1.82) is 0 Å². The molecule has 6 heteroatoms. The Hall–Kier alpha value is -0.590. The van der Waals surface area contributed by atoms with Gasteiger partial charge in [-0.05, 0) is 24.1 Å². The Kier molecular flexibility index (Phi) is 4.53. The molecule has 1 fully saturated rings. The van der Waals surface area contributed by atoms with Gasteiger partial charge in [-0.1, -0.05) is 22.0 Å². The largest absolute Gasteiger partial charge is 0.417 e. The molecular weight excluding hydrogens is 323 g/mol. The van der Waals surface area contributed by atoms with E-state index in [1.54, 1.807) is 13.2 Å². The van der Waals surface area contributed by atoms with Gasteiger partial charge in [-0.25, -0.2) is 0 Å². The molecule has 0 saturated carbocycles. The maximum absolute atomic E-state index is 12.6. The van der Waals surface area contributed by atoms with Crippen LogP contribution in [0.4, 0.5) is 13.2 Å². The lowest BCUT2D eigenvalue weighted by molar-refractivity contribution is -0.138. The van der Waals surface area contributed by atoms with Crippen LogP contribution in [0.1, 0.15) is 17.5 Å². The first-order valence-corrected chi connectivity index (χ1v) is 6.80. The molecule has 1 saturated heterocycles. The molecule has 0 N–H and O–H groups in total. The highest BCUT2D eigenvalue weighted by molar-refractivity contribution is 9.10. The first kappa shape index (κ1) is 14.8. The topological polar surface area (TPSA) is 12.5 Å². The van der Waals surface area contributed by atoms with E-state index < -0.39 is 11.7 Å². The molecule has 0 aromatic heterocycles. The predicted molar refractivity (Wildman–Crippen MR) is 69.8 cm³/mol. The molecule has 0 amide bonds. The zero-order chi connectivity index (χ0) is 14.0. The molecule has 1 aliphatic rings. The smallest absolute Gasteiger partial charge is 0.380 e. The number of methoxy groups -OCH3 is 1. The van der Waals surface area contributed by atoms with Gasteiger partial charge in [0, 0.05) is 31.2 Å². The van der Waals surface area contributed by atoms with Crippen molar-refractivity contribution in [1.82, 2.24) is 4.90 Å². The average Bonchev–Trinajstić information content (AvgIpc) is 2.75. The third-order valence-corrected chi connectivity index (χ3v) is 3.96. The average molecular weight is 338 g/mol. The van der Waals surface area contributed by atoms with E-state index in [1.807, 2.05) is 0 Å². The summed E-state index contributed by atoms with van der Waals surface area (Å²) in [6, 6.07) is 4.21. The first-order chi connectivity index (χ1) is 8.90. The second-order valence-electron chi connectivity index (χ2n) is 4.69. The SMILES string of the molecule is CO[C@H]1CCN(Cc2ccc(C(F)(F)F)c(Br)c2)C1. The lowest BCUT2D eigenvalue weighted by Gasteiger charge is -2.17. The van der Waals surface area contributed by atoms with Gasteiger partial charge in [0.2, 0.25) is 0 Å². The third-order valence-electron chi connectivity index (χ3n) is 3.31. The summed E-state index contributed by atoms with van der Waals surface area (Å²) in [6.45, 7) is 2.39. The summed E-state index contributed by atoms with van der Waals surface area (Å²) in [5.41, 5.74) is 0.240. The molecule has 1 aliphatic heterocycles. The van der Waals surface area contributed by atoms with Crippen LogP contribution in [0.2, 0.25) is 0 Å². The summed E-state index contributed by atoms with van der Waals surface area (Å²) in [5, 5.41) is 0. The molecule has 0 radical (unpaired) electrons. The minimum Gasteiger partial charge on any atom is -0.380 e. The predicted octanol–water partition coefficient (Wildman–Crippen LogP) is 3.69. The summed E-state index contributed by atoms with van der Waals surface area (Å²) in [4.78, 5) is 2.18. The number of hydrogen-bond acceptors (Lipinski definition) is 2. The molecule has 0 bridgehead atoms. The number of likely N-dealkylation sites (tertiary alicyclic amines) is 1. The van der Waals surface area contributed by atoms with E-state index >= 15 is 0 Å². The molecule has 1 heterocycles. The van der Waals surface area contributed by atoms with Crippen molar-refractivity contribution in [2.24, 2.45) is 0 Å². The van der Waals surface area contributed by atoms with Crippen LogP contribution < -0.4 is 0 Å². The van der Waals surface area contributed by atoms with Crippen LogP contribution in [0, 0.1) is 0 Å². The molecule has 1 aromatic rings. The van der Waals surface area contributed by atoms with E-state index in [0.29, 0.717) is 6.54 Å². The maximum atomic E-state index is 12.6. The Bertz CT molecular complexity index is 450. The summed E-state index contributed by atoms with van der Waals surface area (Å²) < 4.78 is 43.2. The van der Waals surface area contributed by atoms with Crippen LogP contribution in [-0.2, 0) is 17.5 Å². The Labute approximate surface area is 118 Å². The highest BCUT2D eigenvalue weighted by Gasteiger charge is 2.33. The highest BCUT2D eigenvalue weighted by Crippen LogP contribution is 2.35. The van der Waals surface area contributed by atoms with E-state index in [1.165, 1.54) is 6.07 Å². The second-order valence-corrected chi connectivity index (χ2v) is 5.55. The van der Waals surface area contributed by atoms with Crippen LogP contribution >= 0.6 is 15.9 Å². The van der Waals surface area contributed by atoms with Crippen LogP contribution in [0.5, 0.6) is 0 Å². The van der Waals surface area contributed by atoms with Gasteiger partial charge in [0.1, 0.15) is 0 Å². The molecule has 0 unspecified atom stereocenters. The van der Waals surface area contributed by atoms with Crippen LogP contribution in [0.25, 0.3) is 0 Å². The quantitative estimate of drug-likeness (QED) is 0.834. The maximum Gasteiger partial charge on any atom is 0.417 e. The highest BCUT2D eigenvalue weighted by atomic mass is 79.9. The number of ether oxygens (including phenoxy) is 1. The standard InChI is InChI=1S/C13H15BrF3NO/c1-19-10-4-5-18(8-10)7-9-2-3-11(12(14)6-9)13(15,16)17/h2-3,6,10H,4-5,7-8H2,1H3/t10-/m0/s1. The molecular formula is C13H15BrF3NO. The Morgan fingerprint density at radius 3 is 2.68 bits per heavy atom. The summed E-state index contributed by atoms with van der Waals surface area (Å²) >= 11 is 2.99. The van der Waals surface area contributed by atoms with Crippen LogP contribution in [-0.4, -0.2) is 31.2 Å². The number of benzene rings is 1. The third kappa shape index (κ3) is 3.70. The van der Waals surface area contributed by atoms with E-state index in [2.05, 4.69) is 20.8 Å². The van der Waals surface area contributed by atoms with Crippen molar-refractivity contribution in [3.8, 4) is 0 Å². The normalized spacial score (nSPS) is 21.0. The zero-order valence-electron chi connectivity index (χ0n) is 10.5. The van der Waals surface area contributed by atoms with Crippen molar-refractivity contribution in [3.63, 3.8) is 0 Å². The molecule has 106 valence electrons. The van der Waals surface area contributed by atoms with Gasteiger partial charge in [0.15, 0.2) is 0 Å². The number of hydrogen-bond donors (Lipinski definition) is 0. The minimum atomic E-state index is -4.31. The summed E-state index contributed by atoms with van der Waals surface area (Å²) in [6.07, 6.45) is -3.11.